The number of methoxy groups -OCH3 is 1. The van der Waals surface area contributed by atoms with Crippen molar-refractivity contribution < 1.29 is 72.0 Å². The molecule has 2 N–H and O–H groups in total. The quantitative estimate of drug-likeness (QED) is 0.236. The highest BCUT2D eigenvalue weighted by Crippen LogP contribution is 2.42. The summed E-state index contributed by atoms with van der Waals surface area (Å²) in [6, 6.07) is 8.96. The highest BCUT2D eigenvalue weighted by molar-refractivity contribution is 5.84. The van der Waals surface area contributed by atoms with Crippen LogP contribution in [0.15, 0.2) is 30.3 Å². The number of rotatable bonds is 10. The van der Waals surface area contributed by atoms with Gasteiger partial charge in [0.15, 0.2) is 24.8 Å². The first-order chi connectivity index (χ1) is 29.1. The van der Waals surface area contributed by atoms with Crippen LogP contribution < -0.4 is 0 Å². The lowest BCUT2D eigenvalue weighted by Gasteiger charge is -2.49. The van der Waals surface area contributed by atoms with E-state index in [0.29, 0.717) is 12.8 Å². The maximum Gasteiger partial charge on any atom is 0.509 e. The van der Waals surface area contributed by atoms with Gasteiger partial charge in [-0.15, -0.1) is 0 Å². The van der Waals surface area contributed by atoms with Crippen LogP contribution in [0.4, 0.5) is 4.79 Å². The molecule has 5 fully saturated rings. The number of esters is 2. The molecule has 1 saturated carbocycles. The Bertz CT molecular complexity index is 1680. The van der Waals surface area contributed by atoms with Crippen molar-refractivity contribution in [3.63, 3.8) is 0 Å². The number of hydrogen-bond donors (Lipinski definition) is 2. The molecule has 2 bridgehead atoms. The van der Waals surface area contributed by atoms with Gasteiger partial charge in [0.05, 0.1) is 42.5 Å². The van der Waals surface area contributed by atoms with Crippen molar-refractivity contribution in [3.8, 4) is 0 Å². The monoisotopic (exact) mass is 877 g/mol. The van der Waals surface area contributed by atoms with Crippen LogP contribution in [0.5, 0.6) is 0 Å². The third-order valence-corrected chi connectivity index (χ3v) is 13.7. The molecule has 16 nitrogen and oxygen atoms in total. The zero-order valence-electron chi connectivity index (χ0n) is 38.5. The minimum atomic E-state index is -1.90. The number of ketones is 1. The first kappa shape index (κ1) is 49.8. The third kappa shape index (κ3) is 11.3. The van der Waals surface area contributed by atoms with Crippen LogP contribution in [0.3, 0.4) is 0 Å². The van der Waals surface area contributed by atoms with E-state index in [2.05, 4.69) is 0 Å². The summed E-state index contributed by atoms with van der Waals surface area (Å²) in [5, 5.41) is 23.0. The van der Waals surface area contributed by atoms with Crippen molar-refractivity contribution in [1.82, 2.24) is 4.90 Å². The number of fused-ring (bicyclic) bond motifs is 11. The summed E-state index contributed by atoms with van der Waals surface area (Å²) in [4.78, 5) is 55.9. The Morgan fingerprint density at radius 1 is 0.903 bits per heavy atom. The highest BCUT2D eigenvalue weighted by Gasteiger charge is 2.55. The van der Waals surface area contributed by atoms with Gasteiger partial charge in [-0.05, 0) is 85.9 Å². The Labute approximate surface area is 366 Å². The van der Waals surface area contributed by atoms with E-state index >= 15 is 0 Å². The summed E-state index contributed by atoms with van der Waals surface area (Å²) in [5.74, 6) is -4.90. The maximum absolute atomic E-state index is 14.3. The van der Waals surface area contributed by atoms with Crippen LogP contribution >= 0.6 is 0 Å². The Morgan fingerprint density at radius 2 is 1.58 bits per heavy atom. The van der Waals surface area contributed by atoms with E-state index in [1.165, 1.54) is 21.0 Å². The van der Waals surface area contributed by atoms with E-state index in [9.17, 15) is 29.4 Å². The summed E-state index contributed by atoms with van der Waals surface area (Å²) < 4.78 is 55.9. The predicted octanol–water partition coefficient (Wildman–Crippen LogP) is 4.97. The summed E-state index contributed by atoms with van der Waals surface area (Å²) in [5.41, 5.74) is -2.25. The molecule has 1 aromatic carbocycles. The first-order valence-electron chi connectivity index (χ1n) is 22.1. The number of Topliss-reactive ketones (excluding diaryl/α,β-unsaturated/α-hetero) is 1. The van der Waals surface area contributed by atoms with Crippen molar-refractivity contribution in [2.24, 2.45) is 29.6 Å². The van der Waals surface area contributed by atoms with Crippen LogP contribution in [0.25, 0.3) is 0 Å². The standard InChI is InChI=1S/C46H71NO15/c1-24-20-25(2)37(61-43-39(58-30(7)48)33(47(10)11)21-26(3)56-43)27(4)38(28(5)42(51)59-34-19-18-32(36(24)49)40(50)46(34,9)53)60-35-22-45(8,54-12)41(29(6)57-35)62-44(52)55-23-31-16-14-13-15-17-31/h13-17,24-29,32-35,37-41,43,50,53H,18-23H2,1-12H3/t24-,25?,26?,27?,28?,29?,32+,33?,34?,35?,37?,38?,39-,40-,41+,43?,45-,46-/m1/s1. The Morgan fingerprint density at radius 3 is 2.21 bits per heavy atom. The summed E-state index contributed by atoms with van der Waals surface area (Å²) in [7, 11) is 5.30. The number of carbonyl (C=O) groups is 4. The predicted molar refractivity (Wildman–Crippen MR) is 223 cm³/mol. The van der Waals surface area contributed by atoms with Crippen molar-refractivity contribution >= 4 is 23.9 Å². The maximum atomic E-state index is 14.3. The first-order valence-corrected chi connectivity index (χ1v) is 22.1. The molecule has 6 rings (SSSR count). The van der Waals surface area contributed by atoms with Crippen molar-refractivity contribution in [3.05, 3.63) is 35.9 Å². The number of carbonyl (C=O) groups excluding carboxylic acids is 4. The summed E-state index contributed by atoms with van der Waals surface area (Å²) >= 11 is 0. The van der Waals surface area contributed by atoms with E-state index in [0.717, 1.165) is 5.56 Å². The van der Waals surface area contributed by atoms with Gasteiger partial charge >= 0.3 is 18.1 Å². The lowest BCUT2D eigenvalue weighted by Crippen LogP contribution is -2.61. The van der Waals surface area contributed by atoms with Gasteiger partial charge < -0.3 is 57.7 Å². The molecule has 0 radical (unpaired) electrons. The van der Waals surface area contributed by atoms with Crippen LogP contribution in [-0.2, 0) is 63.6 Å². The Balaban J connectivity index is 1.49. The second-order valence-corrected chi connectivity index (χ2v) is 18.9. The molecular formula is C46H71NO15. The molecule has 4 aliphatic heterocycles. The fourth-order valence-corrected chi connectivity index (χ4v) is 10.0. The summed E-state index contributed by atoms with van der Waals surface area (Å²) in [6.07, 6.45) is -8.75. The topological polar surface area (TPSA) is 195 Å². The molecule has 62 heavy (non-hydrogen) atoms. The van der Waals surface area contributed by atoms with Crippen LogP contribution in [0.2, 0.25) is 0 Å². The van der Waals surface area contributed by atoms with Gasteiger partial charge in [-0.2, -0.15) is 0 Å². The SMILES string of the molecule is CO[C@]1(C)CC(OC2C(C)C(=O)OC3CC[C@@H](C(=O)[C@H](C)CC(C)C(OC4OC(C)CC(N(C)C)[C@H]4OC(C)=O)C2C)[C@@H](O)[C@]3(C)O)OC(C)[C@@H]1OC(=O)OCc1ccccc1. The molecule has 18 atom stereocenters. The van der Waals surface area contributed by atoms with Gasteiger partial charge in [0.25, 0.3) is 0 Å². The second kappa shape index (κ2) is 20.7. The average molecular weight is 878 g/mol. The lowest BCUT2D eigenvalue weighted by atomic mass is 9.69. The molecule has 16 heteroatoms. The number of benzene rings is 1. The third-order valence-electron chi connectivity index (χ3n) is 13.7. The zero-order chi connectivity index (χ0) is 45.8. The zero-order valence-corrected chi connectivity index (χ0v) is 38.5. The fourth-order valence-electron chi connectivity index (χ4n) is 10.0. The molecule has 0 amide bonds. The highest BCUT2D eigenvalue weighted by atomic mass is 16.8. The van der Waals surface area contributed by atoms with Gasteiger partial charge in [-0.1, -0.05) is 51.1 Å². The van der Waals surface area contributed by atoms with Crippen molar-refractivity contribution in [1.29, 1.82) is 0 Å². The van der Waals surface area contributed by atoms with Crippen molar-refractivity contribution in [2.75, 3.05) is 21.2 Å². The molecule has 11 unspecified atom stereocenters. The molecule has 350 valence electrons. The van der Waals surface area contributed by atoms with E-state index in [1.54, 1.807) is 27.7 Å². The number of aliphatic hydroxyl groups is 2. The molecular weight excluding hydrogens is 806 g/mol. The van der Waals surface area contributed by atoms with Crippen LogP contribution in [0.1, 0.15) is 100.0 Å². The van der Waals surface area contributed by atoms with Gasteiger partial charge in [0.2, 0.25) is 0 Å². The molecule has 1 aliphatic carbocycles. The van der Waals surface area contributed by atoms with Gasteiger partial charge in [0.1, 0.15) is 29.7 Å². The lowest BCUT2D eigenvalue weighted by molar-refractivity contribution is -0.310. The minimum Gasteiger partial charge on any atom is -0.459 e. The summed E-state index contributed by atoms with van der Waals surface area (Å²) in [6.45, 7) is 15.5. The number of hydrogen-bond acceptors (Lipinski definition) is 16. The molecule has 0 aromatic heterocycles. The van der Waals surface area contributed by atoms with E-state index in [4.69, 9.17) is 42.6 Å². The fraction of sp³-hybridized carbons (Fsp3) is 0.783. The van der Waals surface area contributed by atoms with Crippen LogP contribution in [0, 0.1) is 29.6 Å². The number of likely N-dealkylation sites (N-methyl/N-ethyl adjacent to an activating group) is 1. The van der Waals surface area contributed by atoms with Gasteiger partial charge in [-0.25, -0.2) is 4.79 Å². The molecule has 4 heterocycles. The smallest absolute Gasteiger partial charge is 0.459 e. The Hall–Kier alpha value is -3.22. The largest absolute Gasteiger partial charge is 0.509 e. The Kier molecular flexibility index (Phi) is 16.7. The normalized spacial score (nSPS) is 42.1. The van der Waals surface area contributed by atoms with Crippen LogP contribution in [-0.4, -0.2) is 139 Å². The number of ether oxygens (including phenoxy) is 9. The molecule has 1 aromatic rings. The molecule has 0 spiro atoms. The minimum absolute atomic E-state index is 0.0112. The van der Waals surface area contributed by atoms with Gasteiger partial charge in [-0.3, -0.25) is 14.4 Å². The van der Waals surface area contributed by atoms with E-state index < -0.39 is 114 Å². The number of aliphatic hydroxyl groups excluding tert-OH is 1. The second-order valence-electron chi connectivity index (χ2n) is 18.9. The van der Waals surface area contributed by atoms with E-state index in [-0.39, 0.29) is 43.8 Å². The van der Waals surface area contributed by atoms with Crippen molar-refractivity contribution in [2.45, 2.75) is 180 Å². The molecule has 4 saturated heterocycles. The average Bonchev–Trinajstić information content (AvgIpc) is 3.21. The number of nitrogens with zero attached hydrogens (tertiary/aromatic N) is 1. The molecule has 5 aliphatic rings. The van der Waals surface area contributed by atoms with E-state index in [1.807, 2.05) is 70.1 Å². The van der Waals surface area contributed by atoms with Gasteiger partial charge in [0, 0.05) is 38.2 Å².